The second-order valence-electron chi connectivity index (χ2n) is 32.8. The molecule has 3 saturated heterocycles. The van der Waals surface area contributed by atoms with Gasteiger partial charge < -0.3 is 47.9 Å². The number of pyridine rings is 2. The van der Waals surface area contributed by atoms with Crippen molar-refractivity contribution in [2.24, 2.45) is 11.8 Å². The van der Waals surface area contributed by atoms with Crippen LogP contribution in [0.15, 0.2) is 189 Å². The standard InChI is InChI=1S/C30H35ClN4O2.2C30H34ClN4O2/c3*1-30(2,3)37-29(36)35-15-10-21(11-16-35)27-25-9-8-24(31)19-23(25)18-22(26-7-4-12-33-28(26)27)6-5-14-34-17-13-32-20-34/h4,7-9,12-13,17-21,27H,5-6,10-11,14-16H2,1-3H3;2*4,7-9,12-13,17-21H,5-6,10-11,14-16H2,1-3H3/q;-1;+1. The highest BCUT2D eigenvalue weighted by atomic mass is 35.5. The molecule has 15 rings (SSSR count). The van der Waals surface area contributed by atoms with E-state index in [9.17, 15) is 14.4 Å². The molecule has 6 aliphatic rings. The fourth-order valence-electron chi connectivity index (χ4n) is 16.3. The Balaban J connectivity index is 0.000000146. The second-order valence-corrected chi connectivity index (χ2v) is 34.1. The monoisotopic (exact) mass is 1550 g/mol. The Morgan fingerprint density at radius 1 is 0.541 bits per heavy atom. The summed E-state index contributed by atoms with van der Waals surface area (Å²) in [5, 5.41) is 10.6. The summed E-state index contributed by atoms with van der Waals surface area (Å²) in [6.45, 7) is 24.0. The first kappa shape index (κ1) is 79.5. The number of ether oxygens (including phenoxy) is 3. The molecule has 5 aromatic heterocycles. The van der Waals surface area contributed by atoms with Gasteiger partial charge in [0.15, 0.2) is 0 Å². The third-order valence-electron chi connectivity index (χ3n) is 21.3. The minimum Gasteiger partial charge on any atom is -0.663 e. The number of rotatable bonds is 15. The second kappa shape index (κ2) is 35.4. The largest absolute Gasteiger partial charge is 0.663 e. The fourth-order valence-corrected chi connectivity index (χ4v) is 16.8. The highest BCUT2D eigenvalue weighted by molar-refractivity contribution is 6.31. The molecule has 2 aliphatic carbocycles. The van der Waals surface area contributed by atoms with Crippen LogP contribution in [0.1, 0.15) is 189 Å². The van der Waals surface area contributed by atoms with Gasteiger partial charge in [0.2, 0.25) is 0 Å². The summed E-state index contributed by atoms with van der Waals surface area (Å²) in [6.07, 6.45) is 41.9. The first-order chi connectivity index (χ1) is 53.3. The van der Waals surface area contributed by atoms with Gasteiger partial charge in [0.1, 0.15) is 27.3 Å². The SMILES string of the molecule is CC(C)(C)OC(=O)N1CCC(C2=C3[N-]C=CC=C3C(CCCn3ccnc3)=Cc3cc(Cl)ccc32)CC1.CC(C)(C)OC(=O)N1CCC(C2c3ccc(Cl)cc3C=C(CCCn3ccnc3)c3cccnc32)CC1.CC(C)(C)OC(=O)N1CCC(c2c3ncccc3c(CCCn3ccnc3)c[c+]3cc(Cl)ccc23)CC1. The van der Waals surface area contributed by atoms with Crippen molar-refractivity contribution >= 4 is 98.1 Å². The third-order valence-corrected chi connectivity index (χ3v) is 22.0. The first-order valence-electron chi connectivity index (χ1n) is 39.3. The van der Waals surface area contributed by atoms with E-state index < -0.39 is 16.8 Å². The number of amides is 3. The van der Waals surface area contributed by atoms with E-state index in [0.29, 0.717) is 45.2 Å². The average molecular weight is 1560 g/mol. The molecule has 4 aromatic carbocycles. The number of allylic oxidation sites excluding steroid dienone is 5. The maximum absolute atomic E-state index is 12.7. The van der Waals surface area contributed by atoms with Crippen molar-refractivity contribution in [3.63, 3.8) is 0 Å². The minimum atomic E-state index is -0.495. The summed E-state index contributed by atoms with van der Waals surface area (Å²) in [5.41, 5.74) is 15.3. The van der Waals surface area contributed by atoms with Crippen molar-refractivity contribution in [1.82, 2.24) is 53.3 Å². The van der Waals surface area contributed by atoms with Crippen molar-refractivity contribution < 1.29 is 28.6 Å². The van der Waals surface area contributed by atoms with E-state index in [1.54, 1.807) is 0 Å². The van der Waals surface area contributed by atoms with Crippen LogP contribution < -0.4 is 0 Å². The molecule has 21 heteroatoms. The summed E-state index contributed by atoms with van der Waals surface area (Å²) in [4.78, 5) is 65.9. The quantitative estimate of drug-likeness (QED) is 0.0703. The van der Waals surface area contributed by atoms with E-state index in [4.69, 9.17) is 64.3 Å². The lowest BCUT2D eigenvalue weighted by atomic mass is 9.76. The van der Waals surface area contributed by atoms with Crippen LogP contribution in [-0.2, 0) is 40.3 Å². The molecule has 9 heterocycles. The number of piperidine rings is 3. The summed E-state index contributed by atoms with van der Waals surface area (Å²) in [6, 6.07) is 29.3. The number of likely N-dealkylation sites (tertiary alicyclic amines) is 3. The number of aryl methyl sites for hydroxylation is 4. The Kier molecular flexibility index (Phi) is 25.3. The number of carbonyl (C=O) groups is 3. The van der Waals surface area contributed by atoms with Crippen molar-refractivity contribution in [3.8, 4) is 0 Å². The van der Waals surface area contributed by atoms with E-state index >= 15 is 0 Å². The molecule has 4 aliphatic heterocycles. The van der Waals surface area contributed by atoms with Crippen LogP contribution in [0.5, 0.6) is 0 Å². The maximum Gasteiger partial charge on any atom is 0.410 e. The fraction of sp³-hybridized carbons (Fsp3) is 0.411. The molecule has 0 bridgehead atoms. The average Bonchev–Trinajstić information content (AvgIpc) is 1.67. The maximum atomic E-state index is 12.7. The van der Waals surface area contributed by atoms with Gasteiger partial charge in [0.05, 0.1) is 41.0 Å². The summed E-state index contributed by atoms with van der Waals surface area (Å²) in [7, 11) is 0. The van der Waals surface area contributed by atoms with Crippen LogP contribution in [0.25, 0.3) is 50.3 Å². The van der Waals surface area contributed by atoms with Crippen LogP contribution in [0.4, 0.5) is 14.4 Å². The lowest BCUT2D eigenvalue weighted by Crippen LogP contribution is -2.42. The Morgan fingerprint density at radius 3 is 1.63 bits per heavy atom. The van der Waals surface area contributed by atoms with Gasteiger partial charge in [-0.2, -0.15) is 6.20 Å². The van der Waals surface area contributed by atoms with Gasteiger partial charge in [-0.25, -0.2) is 34.3 Å². The molecular formula is C90H103Cl3N12O6. The molecule has 0 spiro atoms. The number of carbonyl (C=O) groups excluding carboxylic acids is 3. The molecule has 18 nitrogen and oxygen atoms in total. The Labute approximate surface area is 668 Å². The van der Waals surface area contributed by atoms with Crippen molar-refractivity contribution in [2.45, 2.75) is 188 Å². The van der Waals surface area contributed by atoms with Crippen LogP contribution in [0, 0.1) is 11.8 Å². The van der Waals surface area contributed by atoms with Crippen molar-refractivity contribution in [1.29, 1.82) is 0 Å². The predicted molar refractivity (Wildman–Crippen MR) is 445 cm³/mol. The minimum absolute atomic E-state index is 0.145. The number of aromatic nitrogens is 8. The number of imidazole rings is 3. The van der Waals surface area contributed by atoms with E-state index in [0.717, 1.165) is 140 Å². The van der Waals surface area contributed by atoms with Gasteiger partial charge in [-0.05, 0) is 243 Å². The Morgan fingerprint density at radius 2 is 1.05 bits per heavy atom. The van der Waals surface area contributed by atoms with Crippen molar-refractivity contribution in [3.05, 3.63) is 254 Å². The highest BCUT2D eigenvalue weighted by Gasteiger charge is 2.38. The van der Waals surface area contributed by atoms with Gasteiger partial charge in [0, 0.05) is 172 Å². The number of halogens is 3. The van der Waals surface area contributed by atoms with Crippen LogP contribution >= 0.6 is 34.8 Å². The summed E-state index contributed by atoms with van der Waals surface area (Å²) in [5.74, 6) is 1.08. The zero-order chi connectivity index (χ0) is 78.0. The van der Waals surface area contributed by atoms with Crippen molar-refractivity contribution in [2.75, 3.05) is 39.3 Å². The molecular weight excluding hydrogens is 1450 g/mol. The normalized spacial score (nSPS) is 16.9. The Bertz CT molecular complexity index is 4930. The smallest absolute Gasteiger partial charge is 0.410 e. The predicted octanol–water partition coefficient (Wildman–Crippen LogP) is 21.9. The van der Waals surface area contributed by atoms with Gasteiger partial charge in [-0.3, -0.25) is 4.98 Å². The number of hydrogen-bond donors (Lipinski definition) is 0. The zero-order valence-corrected chi connectivity index (χ0v) is 67.7. The molecule has 9 aromatic rings. The molecule has 1 atom stereocenters. The molecule has 0 N–H and O–H groups in total. The highest BCUT2D eigenvalue weighted by Crippen LogP contribution is 2.49. The van der Waals surface area contributed by atoms with E-state index in [1.807, 2.05) is 188 Å². The topological polar surface area (TPSA) is 182 Å². The van der Waals surface area contributed by atoms with E-state index in [1.165, 1.54) is 66.4 Å². The van der Waals surface area contributed by atoms with E-state index in [-0.39, 0.29) is 36.0 Å². The molecule has 1 unspecified atom stereocenters. The zero-order valence-electron chi connectivity index (χ0n) is 65.4. The molecule has 3 fully saturated rings. The number of hydrogen-bond acceptors (Lipinski definition) is 11. The molecule has 3 amide bonds. The molecule has 0 saturated carbocycles. The molecule has 0 radical (unpaired) electrons. The first-order valence-corrected chi connectivity index (χ1v) is 40.4. The Hall–Kier alpha value is -9.62. The lowest BCUT2D eigenvalue weighted by molar-refractivity contribution is 0.0172. The lowest BCUT2D eigenvalue weighted by Gasteiger charge is -2.39. The van der Waals surface area contributed by atoms with Gasteiger partial charge in [-0.1, -0.05) is 71.3 Å². The summed E-state index contributed by atoms with van der Waals surface area (Å²) < 4.78 is 23.2. The summed E-state index contributed by atoms with van der Waals surface area (Å²) >= 11 is 19.4. The van der Waals surface area contributed by atoms with Gasteiger partial charge >= 0.3 is 18.3 Å². The number of nitrogens with zero attached hydrogens (tertiary/aromatic N) is 12. The van der Waals surface area contributed by atoms with Gasteiger partial charge in [0.25, 0.3) is 0 Å². The van der Waals surface area contributed by atoms with Gasteiger partial charge in [-0.15, -0.1) is 5.70 Å². The number of fused-ring (bicyclic) bond motifs is 6. The van der Waals surface area contributed by atoms with Crippen LogP contribution in [0.3, 0.4) is 0 Å². The van der Waals surface area contributed by atoms with Crippen LogP contribution in [0.2, 0.25) is 15.1 Å². The number of benzene rings is 3. The molecule has 580 valence electrons. The van der Waals surface area contributed by atoms with Crippen LogP contribution in [-0.4, -0.2) is 128 Å². The molecule has 111 heavy (non-hydrogen) atoms. The third kappa shape index (κ3) is 20.4. The van der Waals surface area contributed by atoms with E-state index in [2.05, 4.69) is 101 Å².